The van der Waals surface area contributed by atoms with Crippen molar-refractivity contribution in [1.29, 1.82) is 0 Å². The van der Waals surface area contributed by atoms with E-state index in [4.69, 9.17) is 14.6 Å². The van der Waals surface area contributed by atoms with Gasteiger partial charge in [-0.1, -0.05) is 31.2 Å². The Balaban J connectivity index is 2.23. The van der Waals surface area contributed by atoms with Crippen molar-refractivity contribution in [2.24, 2.45) is 5.92 Å². The lowest BCUT2D eigenvalue weighted by molar-refractivity contribution is 0.138. The lowest BCUT2D eigenvalue weighted by Crippen LogP contribution is -2.04. The van der Waals surface area contributed by atoms with E-state index in [9.17, 15) is 0 Å². The van der Waals surface area contributed by atoms with Crippen molar-refractivity contribution in [1.82, 2.24) is 0 Å². The van der Waals surface area contributed by atoms with Gasteiger partial charge in [0, 0.05) is 6.61 Å². The summed E-state index contributed by atoms with van der Waals surface area (Å²) < 4.78 is 10.7. The summed E-state index contributed by atoms with van der Waals surface area (Å²) in [6, 6.07) is 7.85. The number of aliphatic hydroxyl groups is 1. The molecule has 3 heteroatoms. The summed E-state index contributed by atoms with van der Waals surface area (Å²) in [7, 11) is 1.66. The van der Waals surface area contributed by atoms with Gasteiger partial charge in [0.2, 0.25) is 0 Å². The number of hydrogen-bond donors (Lipinski definition) is 1. The van der Waals surface area contributed by atoms with Crippen LogP contribution in [0.3, 0.4) is 0 Å². The third kappa shape index (κ3) is 6.41. The quantitative estimate of drug-likeness (QED) is 0.696. The molecule has 0 aliphatic heterocycles. The van der Waals surface area contributed by atoms with Crippen LogP contribution in [-0.2, 0) is 11.3 Å². The minimum absolute atomic E-state index is 0.237. The molecule has 0 spiro atoms. The summed E-state index contributed by atoms with van der Waals surface area (Å²) in [4.78, 5) is 0. The van der Waals surface area contributed by atoms with Crippen LogP contribution in [0.2, 0.25) is 0 Å². The molecule has 0 fully saturated rings. The first-order valence-electron chi connectivity index (χ1n) is 6.64. The van der Waals surface area contributed by atoms with Crippen LogP contribution in [0.25, 0.3) is 0 Å². The molecule has 0 amide bonds. The molecule has 0 unspecified atom stereocenters. The highest BCUT2D eigenvalue weighted by Crippen LogP contribution is 2.15. The molecule has 0 aliphatic rings. The molecule has 3 nitrogen and oxygen atoms in total. The highest BCUT2D eigenvalue weighted by atomic mass is 16.5. The molecular weight excluding hydrogens is 240 g/mol. The molecule has 0 heterocycles. The zero-order valence-corrected chi connectivity index (χ0v) is 11.9. The van der Waals surface area contributed by atoms with Crippen molar-refractivity contribution in [3.63, 3.8) is 0 Å². The molecule has 1 aromatic rings. The van der Waals surface area contributed by atoms with Gasteiger partial charge < -0.3 is 14.6 Å². The number of methoxy groups -OCH3 is 1. The van der Waals surface area contributed by atoms with Gasteiger partial charge in [0.15, 0.2) is 0 Å². The van der Waals surface area contributed by atoms with Crippen molar-refractivity contribution in [2.45, 2.75) is 26.4 Å². The fourth-order valence-corrected chi connectivity index (χ4v) is 1.91. The second-order valence-electron chi connectivity index (χ2n) is 4.91. The van der Waals surface area contributed by atoms with Gasteiger partial charge in [-0.3, -0.25) is 0 Å². The van der Waals surface area contributed by atoms with Crippen LogP contribution in [0.4, 0.5) is 0 Å². The van der Waals surface area contributed by atoms with Crippen molar-refractivity contribution < 1.29 is 14.6 Å². The zero-order valence-electron chi connectivity index (χ0n) is 11.9. The van der Waals surface area contributed by atoms with Gasteiger partial charge in [-0.25, -0.2) is 0 Å². The van der Waals surface area contributed by atoms with Gasteiger partial charge in [-0.05, 0) is 36.5 Å². The minimum atomic E-state index is 0.237. The van der Waals surface area contributed by atoms with Gasteiger partial charge in [-0.15, -0.1) is 0 Å². The Hall–Kier alpha value is -1.32. The molecule has 0 saturated carbocycles. The van der Waals surface area contributed by atoms with E-state index >= 15 is 0 Å². The third-order valence-electron chi connectivity index (χ3n) is 2.99. The summed E-state index contributed by atoms with van der Waals surface area (Å²) in [5.74, 6) is 1.31. The van der Waals surface area contributed by atoms with Crippen LogP contribution < -0.4 is 4.74 Å². The molecule has 0 bridgehead atoms. The molecule has 106 valence electrons. The second kappa shape index (κ2) is 8.73. The molecule has 1 aromatic carbocycles. The Morgan fingerprint density at radius 1 is 1.32 bits per heavy atom. The second-order valence-corrected chi connectivity index (χ2v) is 4.91. The summed E-state index contributed by atoms with van der Waals surface area (Å²) in [6.07, 6.45) is 1.72. The molecule has 0 aromatic heterocycles. The van der Waals surface area contributed by atoms with Gasteiger partial charge >= 0.3 is 0 Å². The van der Waals surface area contributed by atoms with E-state index < -0.39 is 0 Å². The van der Waals surface area contributed by atoms with E-state index in [-0.39, 0.29) is 6.61 Å². The van der Waals surface area contributed by atoms with Crippen LogP contribution >= 0.6 is 0 Å². The van der Waals surface area contributed by atoms with Crippen molar-refractivity contribution in [2.75, 3.05) is 20.3 Å². The minimum Gasteiger partial charge on any atom is -0.497 e. The van der Waals surface area contributed by atoms with Gasteiger partial charge in [0.1, 0.15) is 5.75 Å². The number of ether oxygens (including phenoxy) is 2. The first-order valence-corrected chi connectivity index (χ1v) is 6.64. The molecule has 1 atom stereocenters. The highest BCUT2D eigenvalue weighted by molar-refractivity contribution is 5.26. The van der Waals surface area contributed by atoms with E-state index in [1.54, 1.807) is 7.11 Å². The van der Waals surface area contributed by atoms with Crippen LogP contribution in [0.5, 0.6) is 5.75 Å². The van der Waals surface area contributed by atoms with Gasteiger partial charge in [0.25, 0.3) is 0 Å². The number of aliphatic hydroxyl groups excluding tert-OH is 1. The van der Waals surface area contributed by atoms with E-state index in [0.29, 0.717) is 19.1 Å². The van der Waals surface area contributed by atoms with Crippen LogP contribution in [-0.4, -0.2) is 25.4 Å². The fourth-order valence-electron chi connectivity index (χ4n) is 1.91. The molecule has 0 saturated heterocycles. The largest absolute Gasteiger partial charge is 0.497 e. The number of rotatable bonds is 9. The summed E-state index contributed by atoms with van der Waals surface area (Å²) in [6.45, 7) is 7.51. The first-order chi connectivity index (χ1) is 9.15. The highest BCUT2D eigenvalue weighted by Gasteiger charge is 2.04. The monoisotopic (exact) mass is 264 g/mol. The van der Waals surface area contributed by atoms with E-state index in [0.717, 1.165) is 29.7 Å². The molecule has 1 rings (SSSR count). The Labute approximate surface area is 115 Å². The maximum absolute atomic E-state index is 8.85. The first kappa shape index (κ1) is 15.7. The third-order valence-corrected chi connectivity index (χ3v) is 2.99. The van der Waals surface area contributed by atoms with E-state index in [1.165, 1.54) is 0 Å². The lowest BCUT2D eigenvalue weighted by atomic mass is 10.00. The van der Waals surface area contributed by atoms with Crippen LogP contribution in [0, 0.1) is 5.92 Å². The Morgan fingerprint density at radius 3 is 2.58 bits per heavy atom. The van der Waals surface area contributed by atoms with Gasteiger partial charge in [0.05, 0.1) is 20.3 Å². The van der Waals surface area contributed by atoms with Crippen LogP contribution in [0.15, 0.2) is 36.4 Å². The fraction of sp³-hybridized carbons (Fsp3) is 0.500. The maximum atomic E-state index is 8.85. The molecular formula is C16H24O3. The molecule has 19 heavy (non-hydrogen) atoms. The standard InChI is InChI=1S/C16H24O3/c1-13(8-9-17)10-14(2)11-19-12-15-4-6-16(18-3)7-5-15/h4-7,13,17H,2,8-12H2,1,3H3/t13-/m0/s1. The van der Waals surface area contributed by atoms with Crippen LogP contribution in [0.1, 0.15) is 25.3 Å². The Morgan fingerprint density at radius 2 is 2.00 bits per heavy atom. The SMILES string of the molecule is C=C(COCc1ccc(OC)cc1)C[C@@H](C)CCO. The predicted molar refractivity (Wildman–Crippen MR) is 77.3 cm³/mol. The maximum Gasteiger partial charge on any atom is 0.118 e. The van der Waals surface area contributed by atoms with Gasteiger partial charge in [-0.2, -0.15) is 0 Å². The number of benzene rings is 1. The molecule has 1 N–H and O–H groups in total. The lowest BCUT2D eigenvalue weighted by Gasteiger charge is -2.12. The average molecular weight is 264 g/mol. The summed E-state index contributed by atoms with van der Waals surface area (Å²) >= 11 is 0. The molecule has 0 aliphatic carbocycles. The average Bonchev–Trinajstić information content (AvgIpc) is 2.39. The topological polar surface area (TPSA) is 38.7 Å². The number of hydrogen-bond acceptors (Lipinski definition) is 3. The van der Waals surface area contributed by atoms with Crippen molar-refractivity contribution in [3.05, 3.63) is 42.0 Å². The smallest absolute Gasteiger partial charge is 0.118 e. The predicted octanol–water partition coefficient (Wildman–Crippen LogP) is 3.18. The van der Waals surface area contributed by atoms with E-state index in [2.05, 4.69) is 13.5 Å². The van der Waals surface area contributed by atoms with E-state index in [1.807, 2.05) is 24.3 Å². The van der Waals surface area contributed by atoms with Crippen molar-refractivity contribution in [3.8, 4) is 5.75 Å². The summed E-state index contributed by atoms with van der Waals surface area (Å²) in [5, 5.41) is 8.85. The normalized spacial score (nSPS) is 12.2. The summed E-state index contributed by atoms with van der Waals surface area (Å²) in [5.41, 5.74) is 2.20. The Bertz CT molecular complexity index is 370. The van der Waals surface area contributed by atoms with Crippen molar-refractivity contribution >= 4 is 0 Å². The molecule has 0 radical (unpaired) electrons. The zero-order chi connectivity index (χ0) is 14.1. The Kier molecular flexibility index (Phi) is 7.23.